The molecule has 42 heavy (non-hydrogen) atoms. The van der Waals surface area contributed by atoms with Crippen LogP contribution in [0.25, 0.3) is 0 Å². The van der Waals surface area contributed by atoms with Gasteiger partial charge < -0.3 is 19.8 Å². The van der Waals surface area contributed by atoms with Crippen LogP contribution in [-0.2, 0) is 14.3 Å². The number of nitriles is 1. The van der Waals surface area contributed by atoms with E-state index >= 15 is 0 Å². The lowest BCUT2D eigenvalue weighted by molar-refractivity contribution is -0.132. The second-order valence-electron chi connectivity index (χ2n) is 15.1. The predicted octanol–water partition coefficient (Wildman–Crippen LogP) is 7.53. The number of aliphatic hydroxyl groups is 1. The lowest BCUT2D eigenvalue weighted by Gasteiger charge is -2.47. The van der Waals surface area contributed by atoms with E-state index in [1.807, 2.05) is 27.7 Å². The van der Waals surface area contributed by atoms with E-state index in [2.05, 4.69) is 52.8 Å². The molecule has 0 amide bonds. The van der Waals surface area contributed by atoms with Crippen LogP contribution in [0.4, 0.5) is 0 Å². The number of ketones is 1. The van der Waals surface area contributed by atoms with Gasteiger partial charge in [0.05, 0.1) is 34.5 Å². The van der Waals surface area contributed by atoms with E-state index in [1.54, 1.807) is 14.2 Å². The number of carbonyl (C=O) groups excluding carboxylic acids is 1. The zero-order valence-electron chi connectivity index (χ0n) is 28.7. The van der Waals surface area contributed by atoms with Crippen molar-refractivity contribution in [2.45, 2.75) is 131 Å². The Kier molecular flexibility index (Phi) is 12.7. The molecule has 0 spiro atoms. The molecule has 7 nitrogen and oxygen atoms in total. The fraction of sp³-hybridized carbons (Fsp3) is 0.914. The number of oxime groups is 1. The van der Waals surface area contributed by atoms with Crippen LogP contribution in [0.2, 0.25) is 0 Å². The van der Waals surface area contributed by atoms with Gasteiger partial charge in [-0.25, -0.2) is 0 Å². The van der Waals surface area contributed by atoms with E-state index in [0.717, 1.165) is 25.7 Å². The van der Waals surface area contributed by atoms with Gasteiger partial charge in [0.2, 0.25) is 0 Å². The lowest BCUT2D eigenvalue weighted by atomic mass is 9.61. The maximum absolute atomic E-state index is 14.1. The van der Waals surface area contributed by atoms with Gasteiger partial charge in [0.25, 0.3) is 0 Å². The van der Waals surface area contributed by atoms with E-state index in [-0.39, 0.29) is 59.0 Å². The third-order valence-electron chi connectivity index (χ3n) is 12.2. The first-order chi connectivity index (χ1) is 19.4. The van der Waals surface area contributed by atoms with Crippen LogP contribution in [0.5, 0.6) is 0 Å². The third kappa shape index (κ3) is 7.77. The molecule has 0 radical (unpaired) electrons. The van der Waals surface area contributed by atoms with Crippen LogP contribution in [0.15, 0.2) is 5.16 Å². The van der Waals surface area contributed by atoms with Gasteiger partial charge in [0.1, 0.15) is 5.78 Å². The van der Waals surface area contributed by atoms with Crippen molar-refractivity contribution in [1.29, 1.82) is 5.26 Å². The Morgan fingerprint density at radius 1 is 0.976 bits per heavy atom. The summed E-state index contributed by atoms with van der Waals surface area (Å²) in [6.07, 6.45) is 5.08. The first-order valence-electron chi connectivity index (χ1n) is 16.4. The van der Waals surface area contributed by atoms with Crippen LogP contribution in [0.1, 0.15) is 114 Å². The quantitative estimate of drug-likeness (QED) is 0.253. The third-order valence-corrected chi connectivity index (χ3v) is 12.2. The van der Waals surface area contributed by atoms with Gasteiger partial charge in [-0.1, -0.05) is 60.0 Å². The second kappa shape index (κ2) is 14.5. The van der Waals surface area contributed by atoms with Gasteiger partial charge >= 0.3 is 0 Å². The van der Waals surface area contributed by atoms with Gasteiger partial charge in [-0.05, 0) is 88.4 Å². The van der Waals surface area contributed by atoms with E-state index in [0.29, 0.717) is 30.9 Å². The normalized spacial score (nSPS) is 47.5. The monoisotopic (exact) mass is 590 g/mol. The molecule has 13 atom stereocenters. The Morgan fingerprint density at radius 3 is 2.10 bits per heavy atom. The average molecular weight is 591 g/mol. The SMILES string of the molecule is CC[C@H]1CC(=O)[C@H](C)[C@@H](C[C@@H]2CC(C)[C@H](C#N)[C@](C)(OC)C2)[C@H](C)C[C@](C)(OC)C[C@@H](C)/C(=N\O)C(C)C(C)[C@]1(C)O. The number of Topliss-reactive ketones (excluding diaryl/α,β-unsaturated/α-hetero) is 1. The number of carbonyl (C=O) groups is 1. The topological polar surface area (TPSA) is 112 Å². The van der Waals surface area contributed by atoms with Crippen molar-refractivity contribution in [3.63, 3.8) is 0 Å². The minimum Gasteiger partial charge on any atom is -0.411 e. The molecule has 0 aromatic rings. The molecular weight excluding hydrogens is 528 g/mol. The van der Waals surface area contributed by atoms with Crippen LogP contribution >= 0.6 is 0 Å². The smallest absolute Gasteiger partial charge is 0.136 e. The van der Waals surface area contributed by atoms with E-state index in [9.17, 15) is 20.4 Å². The van der Waals surface area contributed by atoms with Crippen molar-refractivity contribution in [2.75, 3.05) is 14.2 Å². The Morgan fingerprint density at radius 2 is 1.60 bits per heavy atom. The van der Waals surface area contributed by atoms with Crippen molar-refractivity contribution < 1.29 is 24.6 Å². The highest BCUT2D eigenvalue weighted by Gasteiger charge is 2.48. The fourth-order valence-corrected chi connectivity index (χ4v) is 9.05. The van der Waals surface area contributed by atoms with Gasteiger partial charge in [0.15, 0.2) is 0 Å². The standard InChI is InChI=1S/C35H62N2O5/c1-13-28-16-31(38)25(6)29(15-27-14-21(2)30(20-36)34(9,19-27)42-12)22(3)17-33(8,41-11)18-23(4)32(37-40)24(5)26(7)35(28,10)39/h21-30,39-40H,13-19H2,1-12H3/b37-32+/t21?,22-,23-,24?,25-,26?,27+,28+,29+,30+,33+,34-,35+/m1/s1. The highest BCUT2D eigenvalue weighted by molar-refractivity contribution is 5.88. The zero-order chi connectivity index (χ0) is 32.2. The molecule has 0 heterocycles. The van der Waals surface area contributed by atoms with Crippen molar-refractivity contribution in [3.8, 4) is 6.07 Å². The average Bonchev–Trinajstić information content (AvgIpc) is 2.92. The van der Waals surface area contributed by atoms with Crippen LogP contribution in [-0.4, -0.2) is 52.8 Å². The Labute approximate surface area is 256 Å². The summed E-state index contributed by atoms with van der Waals surface area (Å²) in [5.74, 6) is 0.0869. The number of methoxy groups -OCH3 is 2. The summed E-state index contributed by atoms with van der Waals surface area (Å²) < 4.78 is 12.1. The molecule has 2 N–H and O–H groups in total. The van der Waals surface area contributed by atoms with Crippen LogP contribution in [0, 0.1) is 70.5 Å². The maximum atomic E-state index is 14.1. The van der Waals surface area contributed by atoms with Gasteiger partial charge in [-0.2, -0.15) is 5.26 Å². The van der Waals surface area contributed by atoms with Gasteiger partial charge in [-0.15, -0.1) is 0 Å². The summed E-state index contributed by atoms with van der Waals surface area (Å²) >= 11 is 0. The first kappa shape index (κ1) is 36.7. The number of rotatable bonds is 5. The van der Waals surface area contributed by atoms with Crippen molar-refractivity contribution in [1.82, 2.24) is 0 Å². The summed E-state index contributed by atoms with van der Waals surface area (Å²) in [5.41, 5.74) is -1.43. The molecule has 0 bridgehead atoms. The minimum atomic E-state index is -1.11. The Bertz CT molecular complexity index is 975. The Balaban J connectivity index is 2.56. The number of nitrogens with zero attached hydrogens (tertiary/aromatic N) is 2. The predicted molar refractivity (Wildman–Crippen MR) is 168 cm³/mol. The van der Waals surface area contributed by atoms with Crippen molar-refractivity contribution >= 4 is 11.5 Å². The molecule has 242 valence electrons. The minimum absolute atomic E-state index is 0.0505. The highest BCUT2D eigenvalue weighted by atomic mass is 16.5. The molecule has 2 aliphatic rings. The molecule has 2 fully saturated rings. The summed E-state index contributed by atoms with van der Waals surface area (Å²) in [7, 11) is 3.46. The lowest BCUT2D eigenvalue weighted by Crippen LogP contribution is -2.49. The number of ether oxygens (including phenoxy) is 2. The summed E-state index contributed by atoms with van der Waals surface area (Å²) in [6.45, 7) is 20.7. The molecule has 2 aliphatic carbocycles. The molecule has 7 heteroatoms. The molecule has 3 unspecified atom stereocenters. The number of hydrogen-bond donors (Lipinski definition) is 2. The van der Waals surface area contributed by atoms with Gasteiger partial charge in [0, 0.05) is 38.4 Å². The zero-order valence-corrected chi connectivity index (χ0v) is 28.7. The number of hydrogen-bond acceptors (Lipinski definition) is 7. The first-order valence-corrected chi connectivity index (χ1v) is 16.4. The summed E-state index contributed by atoms with van der Waals surface area (Å²) in [5, 5.41) is 35.8. The molecule has 0 saturated heterocycles. The maximum Gasteiger partial charge on any atom is 0.136 e. The van der Waals surface area contributed by atoms with Crippen LogP contribution in [0.3, 0.4) is 0 Å². The Hall–Kier alpha value is -1.49. The molecule has 0 aromatic heterocycles. The van der Waals surface area contributed by atoms with E-state index in [1.165, 1.54) is 0 Å². The summed E-state index contributed by atoms with van der Waals surface area (Å²) in [6, 6.07) is 2.51. The van der Waals surface area contributed by atoms with Crippen molar-refractivity contribution in [3.05, 3.63) is 0 Å². The fourth-order valence-electron chi connectivity index (χ4n) is 9.05. The van der Waals surface area contributed by atoms with Crippen molar-refractivity contribution in [2.24, 2.45) is 64.3 Å². The summed E-state index contributed by atoms with van der Waals surface area (Å²) in [4.78, 5) is 14.1. The van der Waals surface area contributed by atoms with E-state index in [4.69, 9.17) is 9.47 Å². The molecule has 0 aromatic carbocycles. The molecular formula is C35H62N2O5. The highest BCUT2D eigenvalue weighted by Crippen LogP contribution is 2.48. The second-order valence-corrected chi connectivity index (χ2v) is 15.1. The van der Waals surface area contributed by atoms with E-state index < -0.39 is 16.8 Å². The molecule has 0 aliphatic heterocycles. The van der Waals surface area contributed by atoms with Crippen LogP contribution < -0.4 is 0 Å². The van der Waals surface area contributed by atoms with Gasteiger partial charge in [-0.3, -0.25) is 4.79 Å². The molecule has 2 rings (SSSR count). The largest absolute Gasteiger partial charge is 0.411 e. The molecule has 2 saturated carbocycles.